The van der Waals surface area contributed by atoms with Gasteiger partial charge in [-0.2, -0.15) is 0 Å². The van der Waals surface area contributed by atoms with Crippen molar-refractivity contribution in [1.29, 1.82) is 0 Å². The standard InChI is InChI=1S/C12H26N2O/c1-15-12-8-6-7-11(12)14-10-5-3-2-4-9-13/h11-12,14H,2-10,13H2,1H3. The minimum Gasteiger partial charge on any atom is -0.380 e. The predicted octanol–water partition coefficient (Wildman–Crippen LogP) is 1.66. The monoisotopic (exact) mass is 214 g/mol. The summed E-state index contributed by atoms with van der Waals surface area (Å²) in [6.45, 7) is 1.97. The van der Waals surface area contributed by atoms with Crippen LogP contribution < -0.4 is 11.1 Å². The van der Waals surface area contributed by atoms with Crippen molar-refractivity contribution >= 4 is 0 Å². The lowest BCUT2D eigenvalue weighted by molar-refractivity contribution is 0.0852. The Labute approximate surface area is 93.8 Å². The van der Waals surface area contributed by atoms with Gasteiger partial charge in [-0.1, -0.05) is 12.8 Å². The van der Waals surface area contributed by atoms with Crippen LogP contribution in [-0.2, 0) is 4.74 Å². The second-order valence-corrected chi connectivity index (χ2v) is 4.47. The van der Waals surface area contributed by atoms with E-state index in [0.717, 1.165) is 13.1 Å². The molecule has 0 heterocycles. The molecule has 1 rings (SSSR count). The first-order valence-electron chi connectivity index (χ1n) is 6.34. The molecule has 3 N–H and O–H groups in total. The molecular formula is C12H26N2O. The summed E-state index contributed by atoms with van der Waals surface area (Å²) in [6, 6.07) is 0.601. The summed E-state index contributed by atoms with van der Waals surface area (Å²) in [6.07, 6.45) is 9.28. The normalized spacial score (nSPS) is 26.0. The van der Waals surface area contributed by atoms with Gasteiger partial charge in [-0.05, 0) is 45.2 Å². The van der Waals surface area contributed by atoms with Gasteiger partial charge in [0.05, 0.1) is 6.10 Å². The number of nitrogens with two attached hydrogens (primary N) is 1. The van der Waals surface area contributed by atoms with Crippen LogP contribution in [0.4, 0.5) is 0 Å². The Morgan fingerprint density at radius 2 is 2.00 bits per heavy atom. The fourth-order valence-corrected chi connectivity index (χ4v) is 2.35. The molecule has 2 atom stereocenters. The molecule has 0 amide bonds. The molecule has 0 aromatic carbocycles. The van der Waals surface area contributed by atoms with Crippen LogP contribution in [0.1, 0.15) is 44.9 Å². The summed E-state index contributed by atoms with van der Waals surface area (Å²) in [5.74, 6) is 0. The van der Waals surface area contributed by atoms with Crippen LogP contribution in [0.5, 0.6) is 0 Å². The number of ether oxygens (including phenoxy) is 1. The summed E-state index contributed by atoms with van der Waals surface area (Å²) in [5, 5.41) is 3.60. The van der Waals surface area contributed by atoms with Crippen LogP contribution in [0, 0.1) is 0 Å². The zero-order chi connectivity index (χ0) is 10.9. The number of methoxy groups -OCH3 is 1. The van der Waals surface area contributed by atoms with Crippen LogP contribution >= 0.6 is 0 Å². The topological polar surface area (TPSA) is 47.3 Å². The van der Waals surface area contributed by atoms with Gasteiger partial charge in [0, 0.05) is 13.2 Å². The fourth-order valence-electron chi connectivity index (χ4n) is 2.35. The van der Waals surface area contributed by atoms with Crippen LogP contribution in [0.3, 0.4) is 0 Å². The Balaban J connectivity index is 1.95. The van der Waals surface area contributed by atoms with Gasteiger partial charge in [0.2, 0.25) is 0 Å². The molecule has 1 fully saturated rings. The largest absolute Gasteiger partial charge is 0.380 e. The third kappa shape index (κ3) is 4.96. The van der Waals surface area contributed by atoms with E-state index in [0.29, 0.717) is 12.1 Å². The molecule has 1 aliphatic rings. The maximum absolute atomic E-state index is 5.45. The summed E-state index contributed by atoms with van der Waals surface area (Å²) >= 11 is 0. The molecule has 0 radical (unpaired) electrons. The van der Waals surface area contributed by atoms with Gasteiger partial charge in [0.25, 0.3) is 0 Å². The van der Waals surface area contributed by atoms with Crippen molar-refractivity contribution in [2.24, 2.45) is 5.73 Å². The van der Waals surface area contributed by atoms with Crippen molar-refractivity contribution in [2.75, 3.05) is 20.2 Å². The quantitative estimate of drug-likeness (QED) is 0.604. The van der Waals surface area contributed by atoms with Crippen LogP contribution in [-0.4, -0.2) is 32.3 Å². The van der Waals surface area contributed by atoms with E-state index in [1.165, 1.54) is 44.9 Å². The Kier molecular flexibility index (Phi) is 6.98. The highest BCUT2D eigenvalue weighted by Crippen LogP contribution is 2.21. The maximum Gasteiger partial charge on any atom is 0.0724 e. The molecular weight excluding hydrogens is 188 g/mol. The van der Waals surface area contributed by atoms with Crippen molar-refractivity contribution in [3.63, 3.8) is 0 Å². The highest BCUT2D eigenvalue weighted by molar-refractivity contribution is 4.83. The molecule has 0 saturated heterocycles. The van der Waals surface area contributed by atoms with Gasteiger partial charge in [-0.3, -0.25) is 0 Å². The maximum atomic E-state index is 5.45. The van der Waals surface area contributed by atoms with Crippen molar-refractivity contribution in [3.8, 4) is 0 Å². The number of rotatable bonds is 8. The smallest absolute Gasteiger partial charge is 0.0724 e. The van der Waals surface area contributed by atoms with E-state index in [1.807, 2.05) is 7.11 Å². The molecule has 15 heavy (non-hydrogen) atoms. The average Bonchev–Trinajstić information content (AvgIpc) is 2.70. The Morgan fingerprint density at radius 1 is 1.20 bits per heavy atom. The number of hydrogen-bond acceptors (Lipinski definition) is 3. The van der Waals surface area contributed by atoms with E-state index in [1.54, 1.807) is 0 Å². The Morgan fingerprint density at radius 3 is 2.73 bits per heavy atom. The summed E-state index contributed by atoms with van der Waals surface area (Å²) in [7, 11) is 1.83. The van der Waals surface area contributed by atoms with Crippen LogP contribution in [0.25, 0.3) is 0 Å². The average molecular weight is 214 g/mol. The zero-order valence-corrected chi connectivity index (χ0v) is 10.0. The minimum absolute atomic E-state index is 0.453. The number of hydrogen-bond donors (Lipinski definition) is 2. The van der Waals surface area contributed by atoms with Gasteiger partial charge in [0.15, 0.2) is 0 Å². The van der Waals surface area contributed by atoms with E-state index in [4.69, 9.17) is 10.5 Å². The molecule has 0 aromatic rings. The zero-order valence-electron chi connectivity index (χ0n) is 10.0. The fraction of sp³-hybridized carbons (Fsp3) is 1.00. The van der Waals surface area contributed by atoms with Gasteiger partial charge in [0.1, 0.15) is 0 Å². The molecule has 2 unspecified atom stereocenters. The first kappa shape index (κ1) is 12.9. The first-order chi connectivity index (χ1) is 7.38. The van der Waals surface area contributed by atoms with Crippen molar-refractivity contribution < 1.29 is 4.74 Å². The third-order valence-electron chi connectivity index (χ3n) is 3.29. The third-order valence-corrected chi connectivity index (χ3v) is 3.29. The molecule has 0 bridgehead atoms. The Bertz CT molecular complexity index is 153. The number of unbranched alkanes of at least 4 members (excludes halogenated alkanes) is 3. The van der Waals surface area contributed by atoms with E-state index >= 15 is 0 Å². The first-order valence-corrected chi connectivity index (χ1v) is 6.34. The summed E-state index contributed by atoms with van der Waals surface area (Å²) in [5.41, 5.74) is 5.45. The van der Waals surface area contributed by atoms with E-state index in [-0.39, 0.29) is 0 Å². The lowest BCUT2D eigenvalue weighted by atomic mass is 10.1. The second kappa shape index (κ2) is 8.08. The van der Waals surface area contributed by atoms with Crippen LogP contribution in [0.2, 0.25) is 0 Å². The molecule has 0 spiro atoms. The van der Waals surface area contributed by atoms with Gasteiger partial charge in [-0.15, -0.1) is 0 Å². The van der Waals surface area contributed by atoms with Gasteiger partial charge >= 0.3 is 0 Å². The molecule has 90 valence electrons. The minimum atomic E-state index is 0.453. The molecule has 3 nitrogen and oxygen atoms in total. The second-order valence-electron chi connectivity index (χ2n) is 4.47. The molecule has 1 aliphatic carbocycles. The highest BCUT2D eigenvalue weighted by Gasteiger charge is 2.25. The Hall–Kier alpha value is -0.120. The summed E-state index contributed by atoms with van der Waals surface area (Å²) < 4.78 is 5.44. The van der Waals surface area contributed by atoms with Crippen molar-refractivity contribution in [1.82, 2.24) is 5.32 Å². The molecule has 1 saturated carbocycles. The van der Waals surface area contributed by atoms with Gasteiger partial charge in [-0.25, -0.2) is 0 Å². The lowest BCUT2D eigenvalue weighted by Crippen LogP contribution is -2.37. The predicted molar refractivity (Wildman–Crippen MR) is 64.0 cm³/mol. The molecule has 0 aromatic heterocycles. The SMILES string of the molecule is COC1CCCC1NCCCCCCN. The lowest BCUT2D eigenvalue weighted by Gasteiger charge is -2.19. The highest BCUT2D eigenvalue weighted by atomic mass is 16.5. The summed E-state index contributed by atoms with van der Waals surface area (Å²) in [4.78, 5) is 0. The van der Waals surface area contributed by atoms with Crippen molar-refractivity contribution in [3.05, 3.63) is 0 Å². The molecule has 3 heteroatoms. The van der Waals surface area contributed by atoms with E-state index < -0.39 is 0 Å². The van der Waals surface area contributed by atoms with E-state index in [2.05, 4.69) is 5.32 Å². The van der Waals surface area contributed by atoms with E-state index in [9.17, 15) is 0 Å². The van der Waals surface area contributed by atoms with Gasteiger partial charge < -0.3 is 15.8 Å². The number of nitrogens with one attached hydrogen (secondary N) is 1. The van der Waals surface area contributed by atoms with Crippen molar-refractivity contribution in [2.45, 2.75) is 57.1 Å². The molecule has 0 aliphatic heterocycles. The van der Waals surface area contributed by atoms with Crippen LogP contribution in [0.15, 0.2) is 0 Å².